The van der Waals surface area contributed by atoms with Gasteiger partial charge >= 0.3 is 0 Å². The van der Waals surface area contributed by atoms with Gasteiger partial charge < -0.3 is 4.74 Å². The third-order valence-corrected chi connectivity index (χ3v) is 2.13. The van der Waals surface area contributed by atoms with E-state index in [1.807, 2.05) is 12.1 Å². The molecule has 0 aliphatic rings. The highest BCUT2D eigenvalue weighted by Crippen LogP contribution is 2.13. The minimum atomic E-state index is 0.788. The molecule has 0 bridgehead atoms. The molecule has 1 aromatic carbocycles. The minimum absolute atomic E-state index is 0.788. The van der Waals surface area contributed by atoms with Gasteiger partial charge in [0.2, 0.25) is 0 Å². The second kappa shape index (κ2) is 6.66. The highest BCUT2D eigenvalue weighted by molar-refractivity contribution is 9.09. The zero-order valence-corrected chi connectivity index (χ0v) is 9.96. The van der Waals surface area contributed by atoms with Gasteiger partial charge in [0.05, 0.1) is 6.61 Å². The van der Waals surface area contributed by atoms with E-state index in [2.05, 4.69) is 47.1 Å². The molecule has 0 saturated heterocycles. The van der Waals surface area contributed by atoms with Crippen LogP contribution in [0.3, 0.4) is 0 Å². The second-order valence-corrected chi connectivity index (χ2v) is 3.62. The molecule has 14 heavy (non-hydrogen) atoms. The SMILES string of the molecule is CCCOc1ccc(C=CCBr)cc1. The van der Waals surface area contributed by atoms with Crippen molar-refractivity contribution in [3.8, 4) is 5.75 Å². The zero-order valence-electron chi connectivity index (χ0n) is 8.37. The normalized spacial score (nSPS) is 10.7. The molecule has 0 aliphatic carbocycles. The lowest BCUT2D eigenvalue weighted by atomic mass is 10.2. The topological polar surface area (TPSA) is 9.23 Å². The van der Waals surface area contributed by atoms with E-state index in [4.69, 9.17) is 4.74 Å². The van der Waals surface area contributed by atoms with Crippen LogP contribution in [-0.4, -0.2) is 11.9 Å². The second-order valence-electron chi connectivity index (χ2n) is 2.97. The van der Waals surface area contributed by atoms with Gasteiger partial charge in [-0.05, 0) is 24.1 Å². The monoisotopic (exact) mass is 254 g/mol. The van der Waals surface area contributed by atoms with Crippen LogP contribution in [0.25, 0.3) is 6.08 Å². The fourth-order valence-electron chi connectivity index (χ4n) is 1.08. The number of rotatable bonds is 5. The van der Waals surface area contributed by atoms with Gasteiger partial charge in [0.1, 0.15) is 5.75 Å². The summed E-state index contributed by atoms with van der Waals surface area (Å²) < 4.78 is 5.48. The quantitative estimate of drug-likeness (QED) is 0.725. The number of alkyl halides is 1. The third-order valence-electron chi connectivity index (χ3n) is 1.75. The number of ether oxygens (including phenoxy) is 1. The van der Waals surface area contributed by atoms with Crippen molar-refractivity contribution in [3.63, 3.8) is 0 Å². The van der Waals surface area contributed by atoms with E-state index in [0.29, 0.717) is 0 Å². The van der Waals surface area contributed by atoms with Crippen molar-refractivity contribution in [1.29, 1.82) is 0 Å². The van der Waals surface area contributed by atoms with Crippen molar-refractivity contribution in [2.24, 2.45) is 0 Å². The smallest absolute Gasteiger partial charge is 0.119 e. The number of hydrogen-bond donors (Lipinski definition) is 0. The molecule has 0 N–H and O–H groups in total. The van der Waals surface area contributed by atoms with Crippen LogP contribution in [0.2, 0.25) is 0 Å². The number of benzene rings is 1. The van der Waals surface area contributed by atoms with E-state index in [1.54, 1.807) is 0 Å². The Morgan fingerprint density at radius 3 is 2.57 bits per heavy atom. The first-order valence-electron chi connectivity index (χ1n) is 4.82. The molecule has 0 aliphatic heterocycles. The van der Waals surface area contributed by atoms with Crippen LogP contribution in [-0.2, 0) is 0 Å². The Labute approximate surface area is 93.9 Å². The molecule has 0 fully saturated rings. The highest BCUT2D eigenvalue weighted by Gasteiger charge is 1.91. The van der Waals surface area contributed by atoms with Crippen molar-refractivity contribution < 1.29 is 4.74 Å². The zero-order chi connectivity index (χ0) is 10.2. The number of allylic oxidation sites excluding steroid dienone is 1. The first kappa shape index (κ1) is 11.3. The molecule has 0 heterocycles. The molecular weight excluding hydrogens is 240 g/mol. The molecule has 76 valence electrons. The molecule has 0 spiro atoms. The Hall–Kier alpha value is -0.760. The highest BCUT2D eigenvalue weighted by atomic mass is 79.9. The summed E-state index contributed by atoms with van der Waals surface area (Å²) >= 11 is 3.34. The molecule has 1 nitrogen and oxygen atoms in total. The summed E-state index contributed by atoms with van der Waals surface area (Å²) in [5.41, 5.74) is 1.20. The van der Waals surface area contributed by atoms with Crippen LogP contribution in [0.5, 0.6) is 5.75 Å². The van der Waals surface area contributed by atoms with Crippen molar-refractivity contribution in [1.82, 2.24) is 0 Å². The van der Waals surface area contributed by atoms with Gasteiger partial charge in [-0.2, -0.15) is 0 Å². The number of halogens is 1. The first-order valence-corrected chi connectivity index (χ1v) is 5.94. The standard InChI is InChI=1S/C12H15BrO/c1-2-10-14-12-7-5-11(6-8-12)4-3-9-13/h3-8H,2,9-10H2,1H3. The maximum absolute atomic E-state index is 5.48. The Morgan fingerprint density at radius 1 is 1.29 bits per heavy atom. The Bertz CT molecular complexity index is 277. The molecule has 2 heteroatoms. The van der Waals surface area contributed by atoms with E-state index >= 15 is 0 Å². The van der Waals surface area contributed by atoms with Crippen LogP contribution in [0, 0.1) is 0 Å². The van der Waals surface area contributed by atoms with Crippen molar-refractivity contribution in [2.75, 3.05) is 11.9 Å². The van der Waals surface area contributed by atoms with Gasteiger partial charge in [0.25, 0.3) is 0 Å². The molecule has 1 aromatic rings. The molecule has 0 aromatic heterocycles. The lowest BCUT2D eigenvalue weighted by Crippen LogP contribution is -1.94. The van der Waals surface area contributed by atoms with Gasteiger partial charge in [-0.1, -0.05) is 47.1 Å². The molecule has 0 amide bonds. The van der Waals surface area contributed by atoms with E-state index < -0.39 is 0 Å². The summed E-state index contributed by atoms with van der Waals surface area (Å²) in [5.74, 6) is 0.947. The van der Waals surface area contributed by atoms with E-state index in [1.165, 1.54) is 5.56 Å². The van der Waals surface area contributed by atoms with E-state index in [0.717, 1.165) is 24.1 Å². The maximum Gasteiger partial charge on any atom is 0.119 e. The van der Waals surface area contributed by atoms with E-state index in [9.17, 15) is 0 Å². The van der Waals surface area contributed by atoms with Crippen LogP contribution in [0.15, 0.2) is 30.3 Å². The van der Waals surface area contributed by atoms with Crippen molar-refractivity contribution in [2.45, 2.75) is 13.3 Å². The summed E-state index contributed by atoms with van der Waals surface area (Å²) in [4.78, 5) is 0. The summed E-state index contributed by atoms with van der Waals surface area (Å²) in [6.07, 6.45) is 5.20. The molecular formula is C12H15BrO. The molecule has 0 unspecified atom stereocenters. The molecule has 0 atom stereocenters. The van der Waals surface area contributed by atoms with Crippen LogP contribution in [0.4, 0.5) is 0 Å². The fourth-order valence-corrected chi connectivity index (χ4v) is 1.26. The Balaban J connectivity index is 2.54. The molecule has 1 rings (SSSR count). The van der Waals surface area contributed by atoms with E-state index in [-0.39, 0.29) is 0 Å². The molecule has 0 saturated carbocycles. The summed E-state index contributed by atoms with van der Waals surface area (Å²) in [5, 5.41) is 0.890. The van der Waals surface area contributed by atoms with Crippen LogP contribution < -0.4 is 4.74 Å². The van der Waals surface area contributed by atoms with Crippen molar-refractivity contribution in [3.05, 3.63) is 35.9 Å². The summed E-state index contributed by atoms with van der Waals surface area (Å²) in [6, 6.07) is 8.13. The van der Waals surface area contributed by atoms with Gasteiger partial charge in [-0.3, -0.25) is 0 Å². The van der Waals surface area contributed by atoms with Crippen molar-refractivity contribution >= 4 is 22.0 Å². The minimum Gasteiger partial charge on any atom is -0.494 e. The largest absolute Gasteiger partial charge is 0.494 e. The first-order chi connectivity index (χ1) is 6.86. The predicted octanol–water partition coefficient (Wildman–Crippen LogP) is 3.88. The van der Waals surface area contributed by atoms with Gasteiger partial charge in [-0.25, -0.2) is 0 Å². The van der Waals surface area contributed by atoms with Gasteiger partial charge in [0.15, 0.2) is 0 Å². The summed E-state index contributed by atoms with van der Waals surface area (Å²) in [7, 11) is 0. The number of hydrogen-bond acceptors (Lipinski definition) is 1. The van der Waals surface area contributed by atoms with Gasteiger partial charge in [0, 0.05) is 5.33 Å². The fraction of sp³-hybridized carbons (Fsp3) is 0.333. The maximum atomic E-state index is 5.48. The molecule has 0 radical (unpaired) electrons. The lowest BCUT2D eigenvalue weighted by molar-refractivity contribution is 0.317. The van der Waals surface area contributed by atoms with Crippen LogP contribution >= 0.6 is 15.9 Å². The third kappa shape index (κ3) is 3.97. The Morgan fingerprint density at radius 2 is 2.00 bits per heavy atom. The predicted molar refractivity (Wildman–Crippen MR) is 65.1 cm³/mol. The Kier molecular flexibility index (Phi) is 5.38. The average molecular weight is 255 g/mol. The summed E-state index contributed by atoms with van der Waals surface area (Å²) in [6.45, 7) is 2.89. The average Bonchev–Trinajstić information content (AvgIpc) is 2.25. The lowest BCUT2D eigenvalue weighted by Gasteiger charge is -2.03. The van der Waals surface area contributed by atoms with Gasteiger partial charge in [-0.15, -0.1) is 0 Å². The van der Waals surface area contributed by atoms with Crippen LogP contribution in [0.1, 0.15) is 18.9 Å².